The number of hydrogen-bond acceptors (Lipinski definition) is 6. The van der Waals surface area contributed by atoms with Gasteiger partial charge in [0.25, 0.3) is 5.91 Å². The molecule has 0 atom stereocenters. The Kier molecular flexibility index (Phi) is 3.36. The van der Waals surface area contributed by atoms with Gasteiger partial charge in [-0.05, 0) is 24.3 Å². The summed E-state index contributed by atoms with van der Waals surface area (Å²) >= 11 is 1.43. The molecule has 0 bridgehead atoms. The minimum absolute atomic E-state index is 0.237. The van der Waals surface area contributed by atoms with Crippen LogP contribution in [0.5, 0.6) is 11.5 Å². The molecule has 2 N–H and O–H groups in total. The number of amides is 1. The molecule has 6 nitrogen and oxygen atoms in total. The molecule has 2 heterocycles. The zero-order chi connectivity index (χ0) is 13.9. The van der Waals surface area contributed by atoms with Crippen molar-refractivity contribution in [2.75, 3.05) is 6.79 Å². The van der Waals surface area contributed by atoms with Crippen LogP contribution in [0.15, 0.2) is 30.5 Å². The Labute approximate surface area is 118 Å². The van der Waals surface area contributed by atoms with E-state index in [-0.39, 0.29) is 6.79 Å². The normalized spacial score (nSPS) is 12.8. The fourth-order valence-corrected chi connectivity index (χ4v) is 2.54. The summed E-state index contributed by atoms with van der Waals surface area (Å²) < 4.78 is 10.6. The minimum atomic E-state index is -0.581. The van der Waals surface area contributed by atoms with Crippen LogP contribution in [0.1, 0.15) is 4.88 Å². The van der Waals surface area contributed by atoms with E-state index in [1.165, 1.54) is 22.9 Å². The second kappa shape index (κ2) is 5.32. The van der Waals surface area contributed by atoms with E-state index in [2.05, 4.69) is 4.98 Å². The van der Waals surface area contributed by atoms with Crippen molar-refractivity contribution < 1.29 is 19.5 Å². The Bertz CT molecular complexity index is 681. The standard InChI is InChI=1S/C13H10N2O4S/c16-12(15-17)4-2-9-6-14-13(20-9)8-1-3-10-11(5-8)19-7-18-10/h1-6,17H,7H2,(H,15,16)/b4-2+. The molecule has 20 heavy (non-hydrogen) atoms. The molecular formula is C13H10N2O4S. The van der Waals surface area contributed by atoms with E-state index in [1.54, 1.807) is 12.3 Å². The minimum Gasteiger partial charge on any atom is -0.454 e. The van der Waals surface area contributed by atoms with Gasteiger partial charge in [0, 0.05) is 22.7 Å². The predicted octanol–water partition coefficient (Wildman–Crippen LogP) is 2.06. The monoisotopic (exact) mass is 290 g/mol. The third-order valence-corrected chi connectivity index (χ3v) is 3.66. The van der Waals surface area contributed by atoms with Gasteiger partial charge in [0.2, 0.25) is 6.79 Å². The highest BCUT2D eigenvalue weighted by molar-refractivity contribution is 7.15. The lowest BCUT2D eigenvalue weighted by Crippen LogP contribution is -2.14. The Morgan fingerprint density at radius 1 is 1.40 bits per heavy atom. The van der Waals surface area contributed by atoms with Crippen LogP contribution in [0.25, 0.3) is 16.6 Å². The van der Waals surface area contributed by atoms with Crippen molar-refractivity contribution in [2.24, 2.45) is 0 Å². The topological polar surface area (TPSA) is 80.7 Å². The van der Waals surface area contributed by atoms with Gasteiger partial charge in [0.05, 0.1) is 0 Å². The van der Waals surface area contributed by atoms with Crippen molar-refractivity contribution in [1.29, 1.82) is 0 Å². The Hall–Kier alpha value is -2.38. The number of fused-ring (bicyclic) bond motifs is 1. The van der Waals surface area contributed by atoms with Crippen molar-refractivity contribution in [3.05, 3.63) is 35.3 Å². The van der Waals surface area contributed by atoms with E-state index in [4.69, 9.17) is 14.7 Å². The van der Waals surface area contributed by atoms with E-state index < -0.39 is 5.91 Å². The van der Waals surface area contributed by atoms with Crippen LogP contribution in [0.4, 0.5) is 0 Å². The molecule has 0 aliphatic carbocycles. The summed E-state index contributed by atoms with van der Waals surface area (Å²) in [4.78, 5) is 16.0. The number of rotatable bonds is 3. The first kappa shape index (κ1) is 12.6. The second-order valence-corrected chi connectivity index (χ2v) is 5.01. The number of nitrogens with one attached hydrogen (secondary N) is 1. The largest absolute Gasteiger partial charge is 0.454 e. The molecule has 0 saturated heterocycles. The highest BCUT2D eigenvalue weighted by Gasteiger charge is 2.14. The first-order valence-electron chi connectivity index (χ1n) is 5.74. The highest BCUT2D eigenvalue weighted by atomic mass is 32.1. The number of hydroxylamine groups is 1. The van der Waals surface area contributed by atoms with Crippen LogP contribution < -0.4 is 15.0 Å². The zero-order valence-electron chi connectivity index (χ0n) is 10.2. The molecule has 0 radical (unpaired) electrons. The summed E-state index contributed by atoms with van der Waals surface area (Å²) in [5.74, 6) is 0.850. The first-order chi connectivity index (χ1) is 9.76. The van der Waals surface area contributed by atoms with Gasteiger partial charge >= 0.3 is 0 Å². The number of ether oxygens (including phenoxy) is 2. The lowest BCUT2D eigenvalue weighted by atomic mass is 10.2. The molecule has 1 aromatic carbocycles. The van der Waals surface area contributed by atoms with Gasteiger partial charge in [-0.25, -0.2) is 10.5 Å². The molecule has 3 rings (SSSR count). The van der Waals surface area contributed by atoms with Crippen LogP contribution >= 0.6 is 11.3 Å². The Morgan fingerprint density at radius 3 is 3.10 bits per heavy atom. The van der Waals surface area contributed by atoms with E-state index in [0.29, 0.717) is 5.75 Å². The SMILES string of the molecule is O=C(/C=C/c1cnc(-c2ccc3c(c2)OCO3)s1)NO. The van der Waals surface area contributed by atoms with Crippen LogP contribution in [-0.4, -0.2) is 22.9 Å². The molecule has 1 aliphatic heterocycles. The smallest absolute Gasteiger partial charge is 0.267 e. The van der Waals surface area contributed by atoms with Gasteiger partial charge < -0.3 is 9.47 Å². The van der Waals surface area contributed by atoms with Crippen molar-refractivity contribution >= 4 is 23.3 Å². The molecule has 2 aromatic rings. The maximum atomic E-state index is 10.9. The Morgan fingerprint density at radius 2 is 2.25 bits per heavy atom. The average Bonchev–Trinajstić information content (AvgIpc) is 3.12. The number of benzene rings is 1. The van der Waals surface area contributed by atoms with E-state index >= 15 is 0 Å². The molecular weight excluding hydrogens is 280 g/mol. The maximum Gasteiger partial charge on any atom is 0.267 e. The quantitative estimate of drug-likeness (QED) is 0.514. The van der Waals surface area contributed by atoms with Gasteiger partial charge in [0.1, 0.15) is 5.01 Å². The van der Waals surface area contributed by atoms with Gasteiger partial charge in [-0.3, -0.25) is 10.0 Å². The zero-order valence-corrected chi connectivity index (χ0v) is 11.0. The summed E-state index contributed by atoms with van der Waals surface area (Å²) in [5.41, 5.74) is 2.45. The van der Waals surface area contributed by atoms with Crippen molar-refractivity contribution in [3.8, 4) is 22.1 Å². The summed E-state index contributed by atoms with van der Waals surface area (Å²) in [6.07, 6.45) is 4.47. The molecule has 1 amide bonds. The van der Waals surface area contributed by atoms with E-state index in [0.717, 1.165) is 21.2 Å². The number of aromatic nitrogens is 1. The number of hydrogen-bond donors (Lipinski definition) is 2. The van der Waals surface area contributed by atoms with Gasteiger partial charge in [0.15, 0.2) is 11.5 Å². The Balaban J connectivity index is 1.83. The molecule has 0 spiro atoms. The lowest BCUT2D eigenvalue weighted by molar-refractivity contribution is -0.124. The number of thiazole rings is 1. The molecule has 0 saturated carbocycles. The maximum absolute atomic E-state index is 10.9. The molecule has 102 valence electrons. The van der Waals surface area contributed by atoms with Crippen LogP contribution in [0.2, 0.25) is 0 Å². The summed E-state index contributed by atoms with van der Waals surface area (Å²) in [6.45, 7) is 0.237. The first-order valence-corrected chi connectivity index (χ1v) is 6.56. The van der Waals surface area contributed by atoms with Crippen LogP contribution in [-0.2, 0) is 4.79 Å². The van der Waals surface area contributed by atoms with E-state index in [1.807, 2.05) is 18.2 Å². The highest BCUT2D eigenvalue weighted by Crippen LogP contribution is 2.37. The van der Waals surface area contributed by atoms with Crippen molar-refractivity contribution in [3.63, 3.8) is 0 Å². The lowest BCUT2D eigenvalue weighted by Gasteiger charge is -1.98. The predicted molar refractivity (Wildman–Crippen MR) is 72.6 cm³/mol. The number of carbonyl (C=O) groups excluding carboxylic acids is 1. The molecule has 0 unspecified atom stereocenters. The number of nitrogens with zero attached hydrogens (tertiary/aromatic N) is 1. The molecule has 0 fully saturated rings. The van der Waals surface area contributed by atoms with Crippen molar-refractivity contribution in [2.45, 2.75) is 0 Å². The summed E-state index contributed by atoms with van der Waals surface area (Å²) in [7, 11) is 0. The van der Waals surface area contributed by atoms with E-state index in [9.17, 15) is 4.79 Å². The number of carbonyl (C=O) groups is 1. The van der Waals surface area contributed by atoms with Gasteiger partial charge in [-0.2, -0.15) is 0 Å². The van der Waals surface area contributed by atoms with Gasteiger partial charge in [-0.1, -0.05) is 0 Å². The molecule has 1 aliphatic rings. The molecule has 7 heteroatoms. The summed E-state index contributed by atoms with van der Waals surface area (Å²) in [6, 6.07) is 5.61. The van der Waals surface area contributed by atoms with Crippen LogP contribution in [0.3, 0.4) is 0 Å². The summed E-state index contributed by atoms with van der Waals surface area (Å²) in [5, 5.41) is 9.21. The van der Waals surface area contributed by atoms with Crippen LogP contribution in [0, 0.1) is 0 Å². The fourth-order valence-electron chi connectivity index (χ4n) is 1.72. The molecule has 1 aromatic heterocycles. The van der Waals surface area contributed by atoms with Gasteiger partial charge in [-0.15, -0.1) is 11.3 Å². The second-order valence-electron chi connectivity index (χ2n) is 3.95. The fraction of sp³-hybridized carbons (Fsp3) is 0.0769. The third-order valence-electron chi connectivity index (χ3n) is 2.65. The average molecular weight is 290 g/mol. The third kappa shape index (κ3) is 2.49. The van der Waals surface area contributed by atoms with Crippen molar-refractivity contribution in [1.82, 2.24) is 10.5 Å².